The Balaban J connectivity index is 0.00000363. The van der Waals surface area contributed by atoms with E-state index in [0.29, 0.717) is 51.2 Å². The molecule has 174 valence electrons. The predicted octanol–water partition coefficient (Wildman–Crippen LogP) is 3.65. The van der Waals surface area contributed by atoms with Crippen molar-refractivity contribution in [1.29, 1.82) is 0 Å². The Labute approximate surface area is 206 Å². The number of carbonyl (C=O) groups excluding carboxylic acids is 1. The number of benzene rings is 1. The lowest BCUT2D eigenvalue weighted by Gasteiger charge is -2.36. The van der Waals surface area contributed by atoms with E-state index in [0.717, 1.165) is 11.1 Å². The molecule has 1 aromatic carbocycles. The minimum Gasteiger partial charge on any atom is -0.473 e. The van der Waals surface area contributed by atoms with Crippen LogP contribution in [-0.4, -0.2) is 58.6 Å². The van der Waals surface area contributed by atoms with Gasteiger partial charge in [-0.2, -0.15) is 0 Å². The number of hydrogen-bond donors (Lipinski definition) is 1. The number of rotatable bonds is 5. The number of piperazine rings is 1. The number of nitrogens with zero attached hydrogens (tertiary/aromatic N) is 4. The molecule has 2 N–H and O–H groups in total. The van der Waals surface area contributed by atoms with Gasteiger partial charge >= 0.3 is 6.09 Å². The standard InChI is InChI=1S/C23H31N5O3.HI/c1-23(2,3)31-22(29)28-14-12-27(13-15-28)21(24)26-16-19-10-7-11-25-20(19)30-17-18-8-5-4-6-9-18;/h4-11H,12-17H2,1-3H3,(H2,24,26);1H. The Morgan fingerprint density at radius 2 is 1.72 bits per heavy atom. The largest absolute Gasteiger partial charge is 0.473 e. The molecule has 0 aliphatic carbocycles. The smallest absolute Gasteiger partial charge is 0.410 e. The summed E-state index contributed by atoms with van der Waals surface area (Å²) in [6.45, 7) is 8.71. The topological polar surface area (TPSA) is 93.3 Å². The van der Waals surface area contributed by atoms with Gasteiger partial charge in [0.1, 0.15) is 12.2 Å². The summed E-state index contributed by atoms with van der Waals surface area (Å²) in [5.41, 5.74) is 7.66. The van der Waals surface area contributed by atoms with Gasteiger partial charge in [-0.1, -0.05) is 36.4 Å². The predicted molar refractivity (Wildman–Crippen MR) is 135 cm³/mol. The number of guanidine groups is 1. The molecule has 32 heavy (non-hydrogen) atoms. The van der Waals surface area contributed by atoms with Gasteiger partial charge in [0, 0.05) is 37.9 Å². The van der Waals surface area contributed by atoms with Crippen molar-refractivity contribution in [3.8, 4) is 5.88 Å². The quantitative estimate of drug-likeness (QED) is 0.345. The fourth-order valence-corrected chi connectivity index (χ4v) is 3.11. The minimum atomic E-state index is -0.501. The van der Waals surface area contributed by atoms with Gasteiger partial charge in [0.25, 0.3) is 0 Å². The summed E-state index contributed by atoms with van der Waals surface area (Å²) in [4.78, 5) is 24.7. The average Bonchev–Trinajstić information content (AvgIpc) is 2.76. The van der Waals surface area contributed by atoms with Crippen LogP contribution >= 0.6 is 24.0 Å². The molecule has 3 rings (SSSR count). The summed E-state index contributed by atoms with van der Waals surface area (Å²) in [5, 5.41) is 0. The molecule has 0 unspecified atom stereocenters. The lowest BCUT2D eigenvalue weighted by atomic mass is 10.2. The van der Waals surface area contributed by atoms with E-state index in [4.69, 9.17) is 15.2 Å². The molecule has 1 amide bonds. The summed E-state index contributed by atoms with van der Waals surface area (Å²) >= 11 is 0. The Kier molecular flexibility index (Phi) is 9.55. The molecular weight excluding hydrogens is 521 g/mol. The number of carbonyl (C=O) groups is 1. The van der Waals surface area contributed by atoms with Crippen LogP contribution in [0.4, 0.5) is 4.79 Å². The molecule has 1 fully saturated rings. The maximum atomic E-state index is 12.2. The van der Waals surface area contributed by atoms with Crippen LogP contribution < -0.4 is 10.5 Å². The van der Waals surface area contributed by atoms with Gasteiger partial charge in [0.05, 0.1) is 6.54 Å². The van der Waals surface area contributed by atoms with Crippen LogP contribution in [0.5, 0.6) is 5.88 Å². The third-order valence-corrected chi connectivity index (χ3v) is 4.74. The summed E-state index contributed by atoms with van der Waals surface area (Å²) in [6.07, 6.45) is 1.41. The van der Waals surface area contributed by atoms with Crippen LogP contribution in [0.1, 0.15) is 31.9 Å². The van der Waals surface area contributed by atoms with Crippen molar-refractivity contribution in [2.24, 2.45) is 10.7 Å². The normalized spacial score (nSPS) is 14.5. The van der Waals surface area contributed by atoms with E-state index in [2.05, 4.69) is 9.98 Å². The number of ether oxygens (including phenoxy) is 2. The first kappa shape index (κ1) is 25.7. The molecule has 0 saturated carbocycles. The SMILES string of the molecule is CC(C)(C)OC(=O)N1CCN(C(N)=NCc2cccnc2OCc2ccccc2)CC1.I. The first-order valence-electron chi connectivity index (χ1n) is 10.5. The molecule has 0 atom stereocenters. The van der Waals surface area contributed by atoms with Crippen LogP contribution in [0.2, 0.25) is 0 Å². The van der Waals surface area contributed by atoms with Crippen molar-refractivity contribution in [2.75, 3.05) is 26.2 Å². The maximum absolute atomic E-state index is 12.2. The fourth-order valence-electron chi connectivity index (χ4n) is 3.11. The molecule has 1 aromatic heterocycles. The highest BCUT2D eigenvalue weighted by atomic mass is 127. The number of hydrogen-bond acceptors (Lipinski definition) is 5. The molecule has 0 bridgehead atoms. The molecular formula is C23H32IN5O3. The number of pyridine rings is 1. The average molecular weight is 553 g/mol. The van der Waals surface area contributed by atoms with Gasteiger partial charge < -0.3 is 25.0 Å². The van der Waals surface area contributed by atoms with Crippen LogP contribution in [0.25, 0.3) is 0 Å². The van der Waals surface area contributed by atoms with Crippen molar-refractivity contribution >= 4 is 36.0 Å². The molecule has 1 aliphatic rings. The van der Waals surface area contributed by atoms with Crippen molar-refractivity contribution in [3.05, 3.63) is 59.8 Å². The summed E-state index contributed by atoms with van der Waals surface area (Å²) in [5.74, 6) is 0.999. The second-order valence-electron chi connectivity index (χ2n) is 8.37. The van der Waals surface area contributed by atoms with Crippen LogP contribution in [0, 0.1) is 0 Å². The van der Waals surface area contributed by atoms with Crippen LogP contribution in [-0.2, 0) is 17.9 Å². The van der Waals surface area contributed by atoms with Crippen molar-refractivity contribution in [1.82, 2.24) is 14.8 Å². The van der Waals surface area contributed by atoms with Gasteiger partial charge in [-0.15, -0.1) is 24.0 Å². The highest BCUT2D eigenvalue weighted by molar-refractivity contribution is 14.0. The first-order chi connectivity index (χ1) is 14.8. The van der Waals surface area contributed by atoms with Crippen LogP contribution in [0.3, 0.4) is 0 Å². The van der Waals surface area contributed by atoms with E-state index in [1.807, 2.05) is 68.1 Å². The van der Waals surface area contributed by atoms with Gasteiger partial charge in [0.15, 0.2) is 5.96 Å². The Bertz CT molecular complexity index is 894. The Hall–Kier alpha value is -2.56. The molecule has 1 aliphatic heterocycles. The van der Waals surface area contributed by atoms with E-state index >= 15 is 0 Å². The second-order valence-corrected chi connectivity index (χ2v) is 8.37. The molecule has 9 heteroatoms. The van der Waals surface area contributed by atoms with E-state index in [-0.39, 0.29) is 30.1 Å². The molecule has 0 spiro atoms. The molecule has 2 aromatic rings. The Morgan fingerprint density at radius 1 is 1.06 bits per heavy atom. The second kappa shape index (κ2) is 11.9. The van der Waals surface area contributed by atoms with Gasteiger partial charge in [-0.3, -0.25) is 0 Å². The minimum absolute atomic E-state index is 0. The monoisotopic (exact) mass is 553 g/mol. The number of amides is 1. The third kappa shape index (κ3) is 7.85. The lowest BCUT2D eigenvalue weighted by Crippen LogP contribution is -2.53. The summed E-state index contributed by atoms with van der Waals surface area (Å²) in [7, 11) is 0. The van der Waals surface area contributed by atoms with Gasteiger partial charge in [-0.05, 0) is 32.4 Å². The van der Waals surface area contributed by atoms with E-state index in [9.17, 15) is 4.79 Å². The van der Waals surface area contributed by atoms with Crippen LogP contribution in [0.15, 0.2) is 53.7 Å². The van der Waals surface area contributed by atoms with Gasteiger partial charge in [-0.25, -0.2) is 14.8 Å². The first-order valence-corrected chi connectivity index (χ1v) is 10.5. The number of nitrogens with two attached hydrogens (primary N) is 1. The zero-order valence-electron chi connectivity index (χ0n) is 18.9. The molecule has 1 saturated heterocycles. The molecule has 2 heterocycles. The van der Waals surface area contributed by atoms with Crippen molar-refractivity contribution in [3.63, 3.8) is 0 Å². The molecule has 0 radical (unpaired) electrons. The zero-order chi connectivity index (χ0) is 22.3. The van der Waals surface area contributed by atoms with E-state index in [1.54, 1.807) is 11.1 Å². The fraction of sp³-hybridized carbons (Fsp3) is 0.435. The summed E-state index contributed by atoms with van der Waals surface area (Å²) in [6, 6.07) is 13.7. The van der Waals surface area contributed by atoms with Crippen molar-refractivity contribution in [2.45, 2.75) is 39.5 Å². The summed E-state index contributed by atoms with van der Waals surface area (Å²) < 4.78 is 11.3. The molecule has 8 nitrogen and oxygen atoms in total. The number of aromatic nitrogens is 1. The Morgan fingerprint density at radius 3 is 2.38 bits per heavy atom. The maximum Gasteiger partial charge on any atom is 0.410 e. The van der Waals surface area contributed by atoms with E-state index in [1.165, 1.54) is 0 Å². The number of aliphatic imine (C=N–C) groups is 1. The van der Waals surface area contributed by atoms with E-state index < -0.39 is 5.60 Å². The third-order valence-electron chi connectivity index (χ3n) is 4.74. The zero-order valence-corrected chi connectivity index (χ0v) is 21.2. The highest BCUT2D eigenvalue weighted by Crippen LogP contribution is 2.17. The highest BCUT2D eigenvalue weighted by Gasteiger charge is 2.26. The van der Waals surface area contributed by atoms with Gasteiger partial charge in [0.2, 0.25) is 5.88 Å². The lowest BCUT2D eigenvalue weighted by molar-refractivity contribution is 0.0186. The van der Waals surface area contributed by atoms with Crippen molar-refractivity contribution < 1.29 is 14.3 Å². The number of halogens is 1.